The number of hydrogen-bond acceptors (Lipinski definition) is 4. The molecule has 6 nitrogen and oxygen atoms in total. The first kappa shape index (κ1) is 14.3. The smallest absolute Gasteiger partial charge is 0.293 e. The van der Waals surface area contributed by atoms with Crippen molar-refractivity contribution in [2.75, 3.05) is 19.4 Å². The third-order valence-corrected chi connectivity index (χ3v) is 3.90. The van der Waals surface area contributed by atoms with E-state index in [-0.39, 0.29) is 17.6 Å². The second-order valence-electron chi connectivity index (χ2n) is 5.09. The van der Waals surface area contributed by atoms with Crippen molar-refractivity contribution in [3.8, 4) is 0 Å². The Balaban J connectivity index is 2.25. The monoisotopic (exact) mass is 277 g/mol. The summed E-state index contributed by atoms with van der Waals surface area (Å²) in [6, 6.07) is 4.81. The van der Waals surface area contributed by atoms with Crippen LogP contribution in [0.25, 0.3) is 0 Å². The Bertz CT molecular complexity index is 524. The van der Waals surface area contributed by atoms with E-state index in [1.54, 1.807) is 31.1 Å². The van der Waals surface area contributed by atoms with Crippen LogP contribution in [0.1, 0.15) is 36.0 Å². The van der Waals surface area contributed by atoms with Crippen LogP contribution in [0.15, 0.2) is 18.2 Å². The zero-order chi connectivity index (χ0) is 14.7. The van der Waals surface area contributed by atoms with E-state index in [2.05, 4.69) is 5.32 Å². The first-order valence-corrected chi connectivity index (χ1v) is 6.78. The number of nitro groups is 1. The molecular weight excluding hydrogens is 258 g/mol. The number of amides is 1. The Hall–Kier alpha value is -2.11. The molecule has 0 radical (unpaired) electrons. The molecule has 1 fully saturated rings. The maximum atomic E-state index is 12.4. The van der Waals surface area contributed by atoms with Crippen molar-refractivity contribution in [3.05, 3.63) is 33.9 Å². The minimum Gasteiger partial charge on any atom is -0.383 e. The summed E-state index contributed by atoms with van der Waals surface area (Å²) in [4.78, 5) is 24.7. The van der Waals surface area contributed by atoms with E-state index >= 15 is 0 Å². The van der Waals surface area contributed by atoms with Crippen LogP contribution >= 0.6 is 0 Å². The van der Waals surface area contributed by atoms with E-state index in [1.165, 1.54) is 6.07 Å². The Labute approximate surface area is 117 Å². The van der Waals surface area contributed by atoms with Gasteiger partial charge in [0.1, 0.15) is 5.69 Å². The number of rotatable bonds is 4. The van der Waals surface area contributed by atoms with Crippen LogP contribution in [0, 0.1) is 10.1 Å². The van der Waals surface area contributed by atoms with Gasteiger partial charge in [0.15, 0.2) is 0 Å². The number of nitrogens with one attached hydrogen (secondary N) is 1. The summed E-state index contributed by atoms with van der Waals surface area (Å²) < 4.78 is 0. The molecule has 1 aromatic rings. The molecular formula is C14H19N3O3. The molecule has 1 amide bonds. The second kappa shape index (κ2) is 5.90. The summed E-state index contributed by atoms with van der Waals surface area (Å²) in [6.45, 7) is 0. The molecule has 0 aromatic heterocycles. The van der Waals surface area contributed by atoms with Gasteiger partial charge in [0.2, 0.25) is 0 Å². The molecule has 1 aromatic carbocycles. The molecule has 0 bridgehead atoms. The molecule has 1 aliphatic carbocycles. The van der Waals surface area contributed by atoms with E-state index in [0.29, 0.717) is 11.3 Å². The number of benzene rings is 1. The van der Waals surface area contributed by atoms with E-state index in [4.69, 9.17) is 0 Å². The lowest BCUT2D eigenvalue weighted by Crippen LogP contribution is -2.35. The highest BCUT2D eigenvalue weighted by molar-refractivity contribution is 5.95. The molecule has 0 spiro atoms. The lowest BCUT2D eigenvalue weighted by atomic mass is 10.1. The number of anilines is 1. The van der Waals surface area contributed by atoms with E-state index in [0.717, 1.165) is 25.7 Å². The van der Waals surface area contributed by atoms with Crippen LogP contribution in [0.3, 0.4) is 0 Å². The van der Waals surface area contributed by atoms with Crippen molar-refractivity contribution in [1.82, 2.24) is 4.90 Å². The minimum atomic E-state index is -0.474. The van der Waals surface area contributed by atoms with Crippen LogP contribution in [0.4, 0.5) is 11.4 Å². The van der Waals surface area contributed by atoms with Crippen molar-refractivity contribution in [1.29, 1.82) is 0 Å². The molecule has 2 rings (SSSR count). The highest BCUT2D eigenvalue weighted by Gasteiger charge is 2.25. The average Bonchev–Trinajstić information content (AvgIpc) is 2.99. The van der Waals surface area contributed by atoms with E-state index in [1.807, 2.05) is 0 Å². The van der Waals surface area contributed by atoms with Gasteiger partial charge in [0.05, 0.1) is 4.92 Å². The van der Waals surface area contributed by atoms with Gasteiger partial charge in [-0.1, -0.05) is 12.8 Å². The molecule has 0 aliphatic heterocycles. The van der Waals surface area contributed by atoms with Gasteiger partial charge in [-0.25, -0.2) is 0 Å². The second-order valence-corrected chi connectivity index (χ2v) is 5.09. The Morgan fingerprint density at radius 1 is 1.40 bits per heavy atom. The lowest BCUT2D eigenvalue weighted by molar-refractivity contribution is -0.384. The van der Waals surface area contributed by atoms with Crippen molar-refractivity contribution < 1.29 is 9.72 Å². The van der Waals surface area contributed by atoms with Crippen LogP contribution in [-0.4, -0.2) is 35.9 Å². The molecule has 0 saturated heterocycles. The summed E-state index contributed by atoms with van der Waals surface area (Å²) in [5.41, 5.74) is 0.707. The van der Waals surface area contributed by atoms with E-state index in [9.17, 15) is 14.9 Å². The molecule has 108 valence electrons. The molecule has 0 heterocycles. The molecule has 0 unspecified atom stereocenters. The maximum Gasteiger partial charge on any atom is 0.293 e. The number of nitro benzene ring substituents is 1. The fourth-order valence-electron chi connectivity index (χ4n) is 2.69. The third-order valence-electron chi connectivity index (χ3n) is 3.90. The number of carbonyl (C=O) groups is 1. The number of hydrogen-bond donors (Lipinski definition) is 1. The molecule has 20 heavy (non-hydrogen) atoms. The SMILES string of the molecule is CNc1ccc(C(=O)N(C)C2CCCC2)cc1[N+](=O)[O-]. The van der Waals surface area contributed by atoms with Gasteiger partial charge in [0.25, 0.3) is 11.6 Å². The van der Waals surface area contributed by atoms with Gasteiger partial charge in [-0.3, -0.25) is 14.9 Å². The predicted molar refractivity (Wildman–Crippen MR) is 77.0 cm³/mol. The third kappa shape index (κ3) is 2.74. The van der Waals surface area contributed by atoms with Crippen molar-refractivity contribution in [3.63, 3.8) is 0 Å². The molecule has 6 heteroatoms. The zero-order valence-corrected chi connectivity index (χ0v) is 11.8. The minimum absolute atomic E-state index is 0.0711. The van der Waals surface area contributed by atoms with Gasteiger partial charge >= 0.3 is 0 Å². The van der Waals surface area contributed by atoms with Gasteiger partial charge in [0, 0.05) is 31.8 Å². The summed E-state index contributed by atoms with van der Waals surface area (Å²) in [7, 11) is 3.39. The van der Waals surface area contributed by atoms with Gasteiger partial charge in [-0.15, -0.1) is 0 Å². The predicted octanol–water partition coefficient (Wildman–Crippen LogP) is 2.65. The van der Waals surface area contributed by atoms with Crippen molar-refractivity contribution in [2.45, 2.75) is 31.7 Å². The first-order chi connectivity index (χ1) is 9.54. The summed E-state index contributed by atoms with van der Waals surface area (Å²) in [5.74, 6) is -0.150. The number of carbonyl (C=O) groups excluding carboxylic acids is 1. The molecule has 1 aliphatic rings. The van der Waals surface area contributed by atoms with E-state index < -0.39 is 4.92 Å². The normalized spacial score (nSPS) is 15.1. The molecule has 1 saturated carbocycles. The number of nitrogens with zero attached hydrogens (tertiary/aromatic N) is 2. The van der Waals surface area contributed by atoms with Gasteiger partial charge in [-0.05, 0) is 25.0 Å². The lowest BCUT2D eigenvalue weighted by Gasteiger charge is -2.24. The van der Waals surface area contributed by atoms with Crippen molar-refractivity contribution in [2.24, 2.45) is 0 Å². The fraction of sp³-hybridized carbons (Fsp3) is 0.500. The van der Waals surface area contributed by atoms with Crippen LogP contribution in [0.2, 0.25) is 0 Å². The largest absolute Gasteiger partial charge is 0.383 e. The topological polar surface area (TPSA) is 75.5 Å². The van der Waals surface area contributed by atoms with Gasteiger partial charge < -0.3 is 10.2 Å². The Kier molecular flexibility index (Phi) is 4.22. The van der Waals surface area contributed by atoms with Crippen LogP contribution in [0.5, 0.6) is 0 Å². The van der Waals surface area contributed by atoms with Gasteiger partial charge in [-0.2, -0.15) is 0 Å². The first-order valence-electron chi connectivity index (χ1n) is 6.78. The highest BCUT2D eigenvalue weighted by atomic mass is 16.6. The quantitative estimate of drug-likeness (QED) is 0.678. The fourth-order valence-corrected chi connectivity index (χ4v) is 2.69. The Morgan fingerprint density at radius 3 is 2.60 bits per heavy atom. The van der Waals surface area contributed by atoms with Crippen molar-refractivity contribution >= 4 is 17.3 Å². The Morgan fingerprint density at radius 2 is 2.05 bits per heavy atom. The zero-order valence-electron chi connectivity index (χ0n) is 11.8. The highest BCUT2D eigenvalue weighted by Crippen LogP contribution is 2.27. The molecule has 0 atom stereocenters. The molecule has 1 N–H and O–H groups in total. The summed E-state index contributed by atoms with van der Waals surface area (Å²) in [6.07, 6.45) is 4.31. The van der Waals surface area contributed by atoms with Crippen LogP contribution < -0.4 is 5.32 Å². The maximum absolute atomic E-state index is 12.4. The van der Waals surface area contributed by atoms with Crippen LogP contribution in [-0.2, 0) is 0 Å². The standard InChI is InChI=1S/C14H19N3O3/c1-15-12-8-7-10(9-13(12)17(19)20)14(18)16(2)11-5-3-4-6-11/h7-9,11,15H,3-6H2,1-2H3. The summed E-state index contributed by atoms with van der Waals surface area (Å²) in [5, 5.41) is 13.8. The average molecular weight is 277 g/mol. The summed E-state index contributed by atoms with van der Waals surface area (Å²) >= 11 is 0.